The van der Waals surface area contributed by atoms with Crippen molar-refractivity contribution in [1.82, 2.24) is 0 Å². The van der Waals surface area contributed by atoms with E-state index in [2.05, 4.69) is 108 Å². The van der Waals surface area contributed by atoms with Crippen molar-refractivity contribution >= 4 is 107 Å². The van der Waals surface area contributed by atoms with Crippen molar-refractivity contribution in [2.24, 2.45) is 0 Å². The van der Waals surface area contributed by atoms with Gasteiger partial charge in [0.15, 0.2) is 0 Å². The van der Waals surface area contributed by atoms with Crippen LogP contribution in [0.2, 0.25) is 0 Å². The van der Waals surface area contributed by atoms with Gasteiger partial charge in [-0.25, -0.2) is 0 Å². The summed E-state index contributed by atoms with van der Waals surface area (Å²) in [7, 11) is 0. The minimum absolute atomic E-state index is 1.25. The highest BCUT2D eigenvalue weighted by molar-refractivity contribution is 7.35. The molecule has 68 heavy (non-hydrogen) atoms. The van der Waals surface area contributed by atoms with Crippen molar-refractivity contribution in [3.63, 3.8) is 0 Å². The van der Waals surface area contributed by atoms with Crippen LogP contribution >= 0.6 is 68.0 Å². The van der Waals surface area contributed by atoms with Crippen molar-refractivity contribution in [2.45, 2.75) is 259 Å². The van der Waals surface area contributed by atoms with Crippen LogP contribution in [0.15, 0.2) is 35.0 Å². The molecule has 0 unspecified atom stereocenters. The summed E-state index contributed by atoms with van der Waals surface area (Å²) in [6, 6.07) is 10.3. The Morgan fingerprint density at radius 1 is 0.309 bits per heavy atom. The van der Waals surface area contributed by atoms with Gasteiger partial charge in [-0.1, -0.05) is 207 Å². The molecule has 0 bridgehead atoms. The van der Waals surface area contributed by atoms with E-state index in [4.69, 9.17) is 0 Å². The SMILES string of the molecule is CCCCCCCCCCc1cc(-c2c3sc4ccsc4c3c(-c3cc(CCCCCCCCCC)c(CCCCCCCCCC)s3)c3sc4ccsc4c23)sc1CCCCCCCCCC. The van der Waals surface area contributed by atoms with Crippen molar-refractivity contribution in [1.29, 1.82) is 0 Å². The predicted molar refractivity (Wildman–Crippen MR) is 320 cm³/mol. The van der Waals surface area contributed by atoms with E-state index in [0.717, 1.165) is 0 Å². The molecular weight excluding hydrogens is 937 g/mol. The van der Waals surface area contributed by atoms with E-state index in [9.17, 15) is 0 Å². The van der Waals surface area contributed by atoms with E-state index in [0.29, 0.717) is 0 Å². The average molecular weight is 1030 g/mol. The summed E-state index contributed by atoms with van der Waals surface area (Å²) in [4.78, 5) is 6.50. The van der Waals surface area contributed by atoms with Gasteiger partial charge < -0.3 is 0 Å². The predicted octanol–water partition coefficient (Wildman–Crippen LogP) is 24.7. The Balaban J connectivity index is 1.22. The van der Waals surface area contributed by atoms with Crippen LogP contribution in [0.1, 0.15) is 254 Å². The van der Waals surface area contributed by atoms with Crippen LogP contribution in [0, 0.1) is 0 Å². The van der Waals surface area contributed by atoms with E-state index >= 15 is 0 Å². The molecule has 7 aromatic rings. The van der Waals surface area contributed by atoms with Crippen molar-refractivity contribution in [3.8, 4) is 20.9 Å². The van der Waals surface area contributed by atoms with Crippen LogP contribution in [0.25, 0.3) is 59.9 Å². The summed E-state index contributed by atoms with van der Waals surface area (Å²) in [6.45, 7) is 9.33. The molecule has 0 amide bonds. The number of hydrogen-bond donors (Lipinski definition) is 0. The van der Waals surface area contributed by atoms with Crippen LogP contribution in [-0.4, -0.2) is 0 Å². The number of hydrogen-bond acceptors (Lipinski definition) is 6. The Kier molecular flexibility index (Phi) is 24.3. The van der Waals surface area contributed by atoms with E-state index in [1.165, 1.54) is 250 Å². The van der Waals surface area contributed by atoms with Crippen LogP contribution in [0.5, 0.6) is 0 Å². The molecule has 0 nitrogen and oxygen atoms in total. The summed E-state index contributed by atoms with van der Waals surface area (Å²) < 4.78 is 9.14. The van der Waals surface area contributed by atoms with E-state index in [1.807, 2.05) is 22.7 Å². The lowest BCUT2D eigenvalue weighted by Gasteiger charge is -2.10. The molecule has 0 N–H and O–H groups in total. The zero-order valence-corrected chi connectivity index (χ0v) is 48.3. The van der Waals surface area contributed by atoms with E-state index in [-0.39, 0.29) is 0 Å². The molecule has 6 aromatic heterocycles. The standard InChI is InChI=1S/C62H90S6/c1-5-9-13-17-21-25-29-33-37-47-45-53(65-49(47)39-35-31-27-23-19-15-11-7-3)55-57-59-51(41-43-63-59)68-62(57)56(58-60-52(42-44-64-60)67-61(55)58)54-46-48(38-34-30-26-22-18-14-10-6-2)50(66-54)40-36-32-28-24-20-16-12-8-4/h41-46H,5-40H2,1-4H3. The Morgan fingerprint density at radius 3 is 0.926 bits per heavy atom. The molecule has 1 aromatic carbocycles. The molecule has 0 aliphatic rings. The normalized spacial score (nSPS) is 12.2. The molecule has 0 aliphatic heterocycles. The first-order valence-corrected chi connectivity index (χ1v) is 33.7. The number of aryl methyl sites for hydroxylation is 4. The molecule has 0 spiro atoms. The monoisotopic (exact) mass is 1030 g/mol. The number of unbranched alkanes of at least 4 members (excludes halogenated alkanes) is 28. The summed E-state index contributed by atoms with van der Waals surface area (Å²) in [6.07, 6.45) is 49.5. The lowest BCUT2D eigenvalue weighted by atomic mass is 9.97. The maximum atomic E-state index is 2.72. The Labute approximate surface area is 439 Å². The van der Waals surface area contributed by atoms with Gasteiger partial charge in [-0.3, -0.25) is 0 Å². The first-order chi connectivity index (χ1) is 33.7. The highest BCUT2D eigenvalue weighted by Gasteiger charge is 2.28. The largest absolute Gasteiger partial charge is 0.142 e. The summed E-state index contributed by atoms with van der Waals surface area (Å²) in [5, 5.41) is 7.87. The third kappa shape index (κ3) is 15.3. The number of rotatable bonds is 38. The van der Waals surface area contributed by atoms with Crippen molar-refractivity contribution in [2.75, 3.05) is 0 Å². The number of thiophene rings is 6. The molecule has 0 fully saturated rings. The number of benzene rings is 1. The Morgan fingerprint density at radius 2 is 0.603 bits per heavy atom. The van der Waals surface area contributed by atoms with E-state index < -0.39 is 0 Å². The quantitative estimate of drug-likeness (QED) is 0.0339. The molecule has 0 aliphatic carbocycles. The molecular formula is C62H90S6. The summed E-state index contributed by atoms with van der Waals surface area (Å²) in [5.74, 6) is 0. The smallest absolute Gasteiger partial charge is 0.0536 e. The number of fused-ring (bicyclic) bond motifs is 6. The van der Waals surface area contributed by atoms with Gasteiger partial charge in [-0.2, -0.15) is 0 Å². The van der Waals surface area contributed by atoms with Gasteiger partial charge in [0.05, 0.1) is 9.40 Å². The fourth-order valence-corrected chi connectivity index (χ4v) is 18.5. The molecule has 0 saturated carbocycles. The molecule has 6 heteroatoms. The van der Waals surface area contributed by atoms with Gasteiger partial charge in [0.1, 0.15) is 0 Å². The molecule has 7 rings (SSSR count). The minimum Gasteiger partial charge on any atom is -0.142 e. The fourth-order valence-electron chi connectivity index (χ4n) is 10.9. The van der Waals surface area contributed by atoms with Crippen LogP contribution in [-0.2, 0) is 25.7 Å². The third-order valence-corrected chi connectivity index (χ3v) is 21.9. The van der Waals surface area contributed by atoms with Crippen LogP contribution < -0.4 is 0 Å². The van der Waals surface area contributed by atoms with Crippen LogP contribution in [0.3, 0.4) is 0 Å². The van der Waals surface area contributed by atoms with Gasteiger partial charge in [0, 0.05) is 60.2 Å². The molecule has 6 heterocycles. The first-order valence-electron chi connectivity index (χ1n) is 28.7. The maximum Gasteiger partial charge on any atom is 0.0536 e. The maximum absolute atomic E-state index is 2.72. The Hall–Kier alpha value is -1.54. The van der Waals surface area contributed by atoms with Gasteiger partial charge in [-0.05, 0) is 97.5 Å². The summed E-state index contributed by atoms with van der Waals surface area (Å²) >= 11 is 12.6. The first kappa shape index (κ1) is 54.2. The van der Waals surface area contributed by atoms with Gasteiger partial charge in [0.2, 0.25) is 0 Å². The third-order valence-electron chi connectivity index (χ3n) is 14.9. The highest BCUT2D eigenvalue weighted by Crippen LogP contribution is 2.57. The zero-order chi connectivity index (χ0) is 47.2. The second-order valence-corrected chi connectivity index (χ2v) is 26.8. The van der Waals surface area contributed by atoms with E-state index in [1.54, 1.807) is 61.9 Å². The zero-order valence-electron chi connectivity index (χ0n) is 43.4. The molecule has 0 saturated heterocycles. The van der Waals surface area contributed by atoms with Gasteiger partial charge in [-0.15, -0.1) is 68.0 Å². The molecule has 0 atom stereocenters. The fraction of sp³-hybridized carbons (Fsp3) is 0.645. The summed E-state index contributed by atoms with van der Waals surface area (Å²) in [5.41, 5.74) is 6.49. The lowest BCUT2D eigenvalue weighted by Crippen LogP contribution is -1.91. The average Bonchev–Trinajstić information content (AvgIpc) is 4.22. The highest BCUT2D eigenvalue weighted by atomic mass is 32.1. The van der Waals surface area contributed by atoms with Gasteiger partial charge >= 0.3 is 0 Å². The lowest BCUT2D eigenvalue weighted by molar-refractivity contribution is 0.572. The van der Waals surface area contributed by atoms with Crippen LogP contribution in [0.4, 0.5) is 0 Å². The minimum atomic E-state index is 1.25. The van der Waals surface area contributed by atoms with Crippen molar-refractivity contribution in [3.05, 3.63) is 55.9 Å². The molecule has 374 valence electrons. The topological polar surface area (TPSA) is 0 Å². The molecule has 0 radical (unpaired) electrons. The van der Waals surface area contributed by atoms with Gasteiger partial charge in [0.25, 0.3) is 0 Å². The van der Waals surface area contributed by atoms with Crippen molar-refractivity contribution < 1.29 is 0 Å². The Bertz CT molecular complexity index is 2210. The second kappa shape index (κ2) is 30.5. The second-order valence-electron chi connectivity index (χ2n) is 20.6.